The van der Waals surface area contributed by atoms with E-state index in [9.17, 15) is 25.2 Å². The van der Waals surface area contributed by atoms with E-state index in [-0.39, 0.29) is 19.2 Å². The predicted molar refractivity (Wildman–Crippen MR) is 224 cm³/mol. The van der Waals surface area contributed by atoms with Gasteiger partial charge in [-0.05, 0) is 38.5 Å². The molecule has 55 heavy (non-hydrogen) atoms. The third-order valence-corrected chi connectivity index (χ3v) is 10.9. The fourth-order valence-electron chi connectivity index (χ4n) is 7.25. The van der Waals surface area contributed by atoms with Gasteiger partial charge < -0.3 is 39.4 Å². The van der Waals surface area contributed by atoms with E-state index >= 15 is 0 Å². The highest BCUT2D eigenvalue weighted by Gasteiger charge is 2.44. The Bertz CT molecular complexity index is 853. The topological polar surface area (TPSA) is 135 Å². The second-order valence-corrected chi connectivity index (χ2v) is 16.2. The average molecular weight is 785 g/mol. The van der Waals surface area contributed by atoms with Gasteiger partial charge in [-0.1, -0.05) is 180 Å². The van der Waals surface area contributed by atoms with Crippen LogP contribution in [0.15, 0.2) is 12.2 Å². The number of allylic oxidation sites excluding steroid dienone is 2. The van der Waals surface area contributed by atoms with Crippen LogP contribution in [0.5, 0.6) is 0 Å². The van der Waals surface area contributed by atoms with E-state index < -0.39 is 43.4 Å². The Morgan fingerprint density at radius 2 is 1.00 bits per heavy atom. The Hall–Kier alpha value is -1.07. The highest BCUT2D eigenvalue weighted by atomic mass is 16.7. The summed E-state index contributed by atoms with van der Waals surface area (Å²) < 4.78 is 22.8. The smallest absolute Gasteiger partial charge is 0.306 e. The lowest BCUT2D eigenvalue weighted by atomic mass is 9.99. The number of aliphatic hydroxyl groups excluding tert-OH is 4. The maximum Gasteiger partial charge on any atom is 0.306 e. The van der Waals surface area contributed by atoms with E-state index in [1.807, 2.05) is 0 Å². The minimum atomic E-state index is -1.53. The van der Waals surface area contributed by atoms with Crippen LogP contribution in [0.2, 0.25) is 0 Å². The van der Waals surface area contributed by atoms with Crippen LogP contribution in [-0.2, 0) is 23.7 Å². The fourth-order valence-corrected chi connectivity index (χ4v) is 7.25. The quantitative estimate of drug-likeness (QED) is 0.0272. The second-order valence-electron chi connectivity index (χ2n) is 16.2. The van der Waals surface area contributed by atoms with Gasteiger partial charge in [0.05, 0.1) is 19.8 Å². The first-order valence-electron chi connectivity index (χ1n) is 23.3. The molecule has 1 aliphatic rings. The van der Waals surface area contributed by atoms with Crippen molar-refractivity contribution in [2.75, 3.05) is 26.4 Å². The summed E-state index contributed by atoms with van der Waals surface area (Å²) in [5.41, 5.74) is 0. The maximum atomic E-state index is 12.8. The molecule has 0 aliphatic carbocycles. The molecule has 1 heterocycles. The molecule has 0 bridgehead atoms. The van der Waals surface area contributed by atoms with Crippen LogP contribution >= 0.6 is 0 Å². The molecule has 1 saturated heterocycles. The zero-order valence-electron chi connectivity index (χ0n) is 35.7. The molecule has 0 saturated carbocycles. The van der Waals surface area contributed by atoms with Crippen molar-refractivity contribution in [3.05, 3.63) is 12.2 Å². The van der Waals surface area contributed by atoms with Crippen LogP contribution in [0, 0.1) is 0 Å². The molecule has 0 amide bonds. The van der Waals surface area contributed by atoms with Gasteiger partial charge in [0.15, 0.2) is 6.29 Å². The number of hydrogen-bond donors (Lipinski definition) is 4. The molecule has 6 unspecified atom stereocenters. The summed E-state index contributed by atoms with van der Waals surface area (Å²) in [5, 5.41) is 40.1. The highest BCUT2D eigenvalue weighted by Crippen LogP contribution is 2.23. The molecule has 0 aromatic carbocycles. The predicted octanol–water partition coefficient (Wildman–Crippen LogP) is 10.4. The number of carbonyl (C=O) groups excluding carboxylic acids is 1. The molecule has 6 atom stereocenters. The lowest BCUT2D eigenvalue weighted by Gasteiger charge is -2.39. The van der Waals surface area contributed by atoms with Crippen LogP contribution in [0.1, 0.15) is 213 Å². The Morgan fingerprint density at radius 1 is 0.564 bits per heavy atom. The van der Waals surface area contributed by atoms with Crippen molar-refractivity contribution >= 4 is 5.97 Å². The van der Waals surface area contributed by atoms with Crippen molar-refractivity contribution in [3.63, 3.8) is 0 Å². The number of esters is 1. The minimum absolute atomic E-state index is 0.110. The summed E-state index contributed by atoms with van der Waals surface area (Å²) in [5.74, 6) is -0.314. The Morgan fingerprint density at radius 3 is 1.47 bits per heavy atom. The van der Waals surface area contributed by atoms with Crippen LogP contribution < -0.4 is 0 Å². The van der Waals surface area contributed by atoms with Crippen LogP contribution in [0.3, 0.4) is 0 Å². The number of ether oxygens (including phenoxy) is 4. The van der Waals surface area contributed by atoms with Gasteiger partial charge in [-0.3, -0.25) is 4.79 Å². The first kappa shape index (κ1) is 51.9. The summed E-state index contributed by atoms with van der Waals surface area (Å²) in [6.45, 7) is 4.59. The van der Waals surface area contributed by atoms with Gasteiger partial charge in [-0.2, -0.15) is 0 Å². The van der Waals surface area contributed by atoms with Crippen molar-refractivity contribution in [3.8, 4) is 0 Å². The second kappa shape index (κ2) is 38.4. The Labute approximate surface area is 337 Å². The molecule has 0 aromatic rings. The van der Waals surface area contributed by atoms with Crippen molar-refractivity contribution in [1.29, 1.82) is 0 Å². The van der Waals surface area contributed by atoms with Gasteiger partial charge in [-0.15, -0.1) is 0 Å². The van der Waals surface area contributed by atoms with E-state index in [1.165, 1.54) is 161 Å². The van der Waals surface area contributed by atoms with E-state index in [1.54, 1.807) is 0 Å². The molecule has 0 radical (unpaired) electrons. The van der Waals surface area contributed by atoms with Crippen molar-refractivity contribution in [2.45, 2.75) is 250 Å². The number of unbranched alkanes of at least 4 members (excludes halogenated alkanes) is 27. The average Bonchev–Trinajstić information content (AvgIpc) is 3.18. The largest absolute Gasteiger partial charge is 0.457 e. The Kier molecular flexibility index (Phi) is 36.3. The molecule has 326 valence electrons. The molecule has 4 N–H and O–H groups in total. The molecule has 9 heteroatoms. The molecule has 0 spiro atoms. The zero-order chi connectivity index (χ0) is 40.0. The lowest BCUT2D eigenvalue weighted by Crippen LogP contribution is -2.59. The van der Waals surface area contributed by atoms with E-state index in [4.69, 9.17) is 18.9 Å². The third kappa shape index (κ3) is 29.8. The molecule has 1 aliphatic heterocycles. The molecule has 0 aromatic heterocycles. The minimum Gasteiger partial charge on any atom is -0.457 e. The first-order chi connectivity index (χ1) is 26.9. The normalized spacial score (nSPS) is 20.7. The maximum absolute atomic E-state index is 12.8. The molecular formula is C46H88O9. The summed E-state index contributed by atoms with van der Waals surface area (Å²) in [6.07, 6.45) is 35.2. The van der Waals surface area contributed by atoms with Crippen LogP contribution in [-0.4, -0.2) is 89.6 Å². The standard InChI is InChI=1S/C46H88O9/c1-3-5-7-9-11-13-15-17-19-20-21-22-23-25-27-29-31-33-35-42(48)54-40(39-53-46-45(51)44(50)43(49)41(37-47)55-46)38-52-36-34-32-30-28-26-24-18-16-14-12-10-8-6-4-2/h19-20,40-41,43-47,49-51H,3-18,21-39H2,1-2H3/b20-19-. The highest BCUT2D eigenvalue weighted by molar-refractivity contribution is 5.69. The fraction of sp³-hybridized carbons (Fsp3) is 0.935. The number of carbonyl (C=O) groups is 1. The number of aliphatic hydroxyl groups is 4. The van der Waals surface area contributed by atoms with Crippen molar-refractivity contribution in [1.82, 2.24) is 0 Å². The summed E-state index contributed by atoms with van der Waals surface area (Å²) in [7, 11) is 0. The van der Waals surface area contributed by atoms with Gasteiger partial charge in [0.25, 0.3) is 0 Å². The van der Waals surface area contributed by atoms with Gasteiger partial charge in [0.2, 0.25) is 0 Å². The van der Waals surface area contributed by atoms with Crippen LogP contribution in [0.4, 0.5) is 0 Å². The third-order valence-electron chi connectivity index (χ3n) is 10.9. The molecule has 1 rings (SSSR count). The summed E-state index contributed by atoms with van der Waals surface area (Å²) >= 11 is 0. The Balaban J connectivity index is 2.24. The molecule has 9 nitrogen and oxygen atoms in total. The van der Waals surface area contributed by atoms with Crippen molar-refractivity contribution in [2.24, 2.45) is 0 Å². The van der Waals surface area contributed by atoms with E-state index in [2.05, 4.69) is 26.0 Å². The van der Waals surface area contributed by atoms with Gasteiger partial charge >= 0.3 is 5.97 Å². The first-order valence-corrected chi connectivity index (χ1v) is 23.3. The van der Waals surface area contributed by atoms with Crippen LogP contribution in [0.25, 0.3) is 0 Å². The zero-order valence-corrected chi connectivity index (χ0v) is 35.7. The van der Waals surface area contributed by atoms with E-state index in [0.717, 1.165) is 32.1 Å². The van der Waals surface area contributed by atoms with Gasteiger partial charge in [0.1, 0.15) is 30.5 Å². The lowest BCUT2D eigenvalue weighted by molar-refractivity contribution is -0.305. The molecular weight excluding hydrogens is 696 g/mol. The van der Waals surface area contributed by atoms with Gasteiger partial charge in [-0.25, -0.2) is 0 Å². The number of hydrogen-bond acceptors (Lipinski definition) is 9. The molecule has 1 fully saturated rings. The number of rotatable bonds is 40. The van der Waals surface area contributed by atoms with Crippen molar-refractivity contribution < 1.29 is 44.2 Å². The summed E-state index contributed by atoms with van der Waals surface area (Å²) in [4.78, 5) is 12.8. The SMILES string of the molecule is CCCCCCCCC/C=C\CCCCCCCCCC(=O)OC(COCCCCCCCCCCCCCCCC)COC1OC(CO)C(O)C(O)C1O. The monoisotopic (exact) mass is 785 g/mol. The van der Waals surface area contributed by atoms with Gasteiger partial charge in [0, 0.05) is 13.0 Å². The summed E-state index contributed by atoms with van der Waals surface area (Å²) in [6, 6.07) is 0. The van der Waals surface area contributed by atoms with E-state index in [0.29, 0.717) is 13.0 Å².